The molecule has 6 rings (SSSR count). The van der Waals surface area contributed by atoms with Crippen molar-refractivity contribution >= 4 is 44.8 Å². The molecule has 13 heteroatoms. The first-order valence-electron chi connectivity index (χ1n) is 18.5. The second-order valence-electron chi connectivity index (χ2n) is 14.1. The zero-order valence-corrected chi connectivity index (χ0v) is 33.4. The number of benzene rings is 5. The molecule has 0 saturated carbocycles. The molecule has 2 N–H and O–H groups in total. The Balaban J connectivity index is 1.11. The molecule has 1 heterocycles. The first kappa shape index (κ1) is 40.5. The van der Waals surface area contributed by atoms with Crippen molar-refractivity contribution in [3.63, 3.8) is 0 Å². The van der Waals surface area contributed by atoms with Crippen LogP contribution in [0.15, 0.2) is 137 Å². The Morgan fingerprint density at radius 1 is 0.911 bits per heavy atom. The maximum atomic E-state index is 13.4. The number of anilines is 2. The minimum atomic E-state index is -4.44. The fraction of sp³-hybridized carbons (Fsp3) is 0.279. The van der Waals surface area contributed by atoms with Crippen molar-refractivity contribution in [2.75, 3.05) is 56.8 Å². The van der Waals surface area contributed by atoms with Gasteiger partial charge in [0.15, 0.2) is 0 Å². The second kappa shape index (κ2) is 18.2. The van der Waals surface area contributed by atoms with Crippen LogP contribution in [-0.2, 0) is 20.4 Å². The number of carbonyl (C=O) groups is 1. The lowest BCUT2D eigenvalue weighted by Gasteiger charge is -2.43. The summed E-state index contributed by atoms with van der Waals surface area (Å²) in [5.41, 5.74) is 3.82. The van der Waals surface area contributed by atoms with Gasteiger partial charge < -0.3 is 19.9 Å². The molecule has 0 aliphatic carbocycles. The number of rotatable bonds is 16. The number of thioether (sulfide) groups is 1. The number of sulfonamides is 1. The predicted molar refractivity (Wildman–Crippen MR) is 224 cm³/mol. The van der Waals surface area contributed by atoms with Crippen LogP contribution in [0.1, 0.15) is 35.2 Å². The van der Waals surface area contributed by atoms with Gasteiger partial charge in [-0.25, -0.2) is 13.1 Å². The Hall–Kier alpha value is -5.21. The quantitative estimate of drug-likeness (QED) is 0.0575. The molecular weight excluding hydrogens is 747 g/mol. The van der Waals surface area contributed by atoms with Gasteiger partial charge in [-0.2, -0.15) is 0 Å². The molecule has 5 aromatic carbocycles. The third-order valence-electron chi connectivity index (χ3n) is 10.1. The average molecular weight is 794 g/mol. The molecule has 11 nitrogen and oxygen atoms in total. The van der Waals surface area contributed by atoms with Crippen LogP contribution in [0.2, 0.25) is 0 Å². The zero-order chi connectivity index (χ0) is 39.7. The van der Waals surface area contributed by atoms with E-state index in [-0.39, 0.29) is 22.2 Å². The van der Waals surface area contributed by atoms with E-state index >= 15 is 0 Å². The largest absolute Gasteiger partial charge is 0.376 e. The second-order valence-corrected chi connectivity index (χ2v) is 16.8. The Morgan fingerprint density at radius 2 is 1.55 bits per heavy atom. The number of nitrogens with zero attached hydrogens (tertiary/aromatic N) is 3. The van der Waals surface area contributed by atoms with E-state index in [1.54, 1.807) is 43.1 Å². The molecule has 1 saturated heterocycles. The van der Waals surface area contributed by atoms with Gasteiger partial charge in [-0.3, -0.25) is 14.9 Å². The summed E-state index contributed by atoms with van der Waals surface area (Å²) in [4.78, 5) is 29.8. The summed E-state index contributed by atoms with van der Waals surface area (Å²) in [5, 5.41) is 15.5. The van der Waals surface area contributed by atoms with Crippen molar-refractivity contribution in [3.05, 3.63) is 149 Å². The summed E-state index contributed by atoms with van der Waals surface area (Å²) in [5.74, 6) is -0.198. The van der Waals surface area contributed by atoms with Gasteiger partial charge in [-0.1, -0.05) is 72.8 Å². The van der Waals surface area contributed by atoms with Gasteiger partial charge in [0.05, 0.1) is 15.4 Å². The number of carbonyl (C=O) groups excluding carboxylic acids is 1. The van der Waals surface area contributed by atoms with Crippen molar-refractivity contribution in [2.45, 2.75) is 40.7 Å². The highest BCUT2D eigenvalue weighted by molar-refractivity contribution is 7.99. The van der Waals surface area contributed by atoms with Crippen molar-refractivity contribution in [1.29, 1.82) is 0 Å². The Labute approximate surface area is 333 Å². The zero-order valence-electron chi connectivity index (χ0n) is 31.8. The summed E-state index contributed by atoms with van der Waals surface area (Å²) in [7, 11) is 1.24. The van der Waals surface area contributed by atoms with Gasteiger partial charge in [-0.05, 0) is 105 Å². The van der Waals surface area contributed by atoms with Crippen molar-refractivity contribution < 1.29 is 22.9 Å². The summed E-state index contributed by atoms with van der Waals surface area (Å²) in [6.45, 7) is 2.17. The third kappa shape index (κ3) is 9.77. The van der Waals surface area contributed by atoms with Gasteiger partial charge >= 0.3 is 0 Å². The highest BCUT2D eigenvalue weighted by Crippen LogP contribution is 2.42. The fourth-order valence-electron chi connectivity index (χ4n) is 7.02. The van der Waals surface area contributed by atoms with Crippen LogP contribution in [-0.4, -0.2) is 76.8 Å². The van der Waals surface area contributed by atoms with Crippen molar-refractivity contribution in [1.82, 2.24) is 9.62 Å². The Morgan fingerprint density at radius 3 is 2.20 bits per heavy atom. The van der Waals surface area contributed by atoms with Gasteiger partial charge in [0.2, 0.25) is 0 Å². The minimum Gasteiger partial charge on any atom is -0.376 e. The highest BCUT2D eigenvalue weighted by atomic mass is 32.2. The maximum absolute atomic E-state index is 13.4. The molecule has 0 radical (unpaired) electrons. The smallest absolute Gasteiger partial charge is 0.293 e. The van der Waals surface area contributed by atoms with Crippen LogP contribution < -0.4 is 14.9 Å². The van der Waals surface area contributed by atoms with Crippen molar-refractivity contribution in [2.24, 2.45) is 0 Å². The van der Waals surface area contributed by atoms with Crippen LogP contribution in [0.5, 0.6) is 0 Å². The SMILES string of the molecule is COC1(c2ccccc2-c2ccccc2)CCN(c2ccc(C(=O)NS(=O)(=O)c3ccc(N[C@H](CCN(C)C)CSc4ccccc4)c([N+](=O)[O-])c3)cc2)CC1. The van der Waals surface area contributed by atoms with E-state index in [2.05, 4.69) is 39.2 Å². The number of methoxy groups -OCH3 is 1. The molecule has 56 heavy (non-hydrogen) atoms. The van der Waals surface area contributed by atoms with Gasteiger partial charge in [0.25, 0.3) is 21.6 Å². The van der Waals surface area contributed by atoms with Crippen LogP contribution >= 0.6 is 11.8 Å². The topological polar surface area (TPSA) is 134 Å². The average Bonchev–Trinajstić information content (AvgIpc) is 3.22. The van der Waals surface area contributed by atoms with Crippen LogP contribution in [0.3, 0.4) is 0 Å². The first-order chi connectivity index (χ1) is 27.0. The van der Waals surface area contributed by atoms with E-state index in [1.807, 2.05) is 79.7 Å². The number of hydrogen-bond donors (Lipinski definition) is 2. The standard InChI is InChI=1S/C43H47N5O6S2/c1-46(2)27-24-34(31-55-36-14-8-5-9-15-36)44-40-23-22-37(30-41(40)48(50)51)56(52,53)45-42(49)33-18-20-35(21-19-33)47-28-25-43(54-3,26-29-47)39-17-11-10-16-38(39)32-12-6-4-7-13-32/h4-23,30,34,44H,24-29,31H2,1-3H3,(H,45,49)/t34-/m1/s1. The van der Waals surface area contributed by atoms with Crippen LogP contribution in [0.4, 0.5) is 17.1 Å². The Bertz CT molecular complexity index is 2210. The molecule has 0 aromatic heterocycles. The fourth-order valence-corrected chi connectivity index (χ4v) is 9.01. The number of ether oxygens (including phenoxy) is 1. The molecule has 1 aliphatic heterocycles. The lowest BCUT2D eigenvalue weighted by molar-refractivity contribution is -0.384. The maximum Gasteiger partial charge on any atom is 0.293 e. The number of nitrogens with one attached hydrogen (secondary N) is 2. The number of nitro benzene ring substituents is 1. The number of nitro groups is 1. The number of amides is 1. The van der Waals surface area contributed by atoms with E-state index in [0.29, 0.717) is 25.3 Å². The van der Waals surface area contributed by atoms with E-state index < -0.39 is 32.1 Å². The molecule has 5 aromatic rings. The molecular formula is C43H47N5O6S2. The van der Waals surface area contributed by atoms with Crippen molar-refractivity contribution in [3.8, 4) is 11.1 Å². The van der Waals surface area contributed by atoms with Crippen LogP contribution in [0, 0.1) is 10.1 Å². The number of piperidine rings is 1. The molecule has 0 bridgehead atoms. The van der Waals surface area contributed by atoms with Gasteiger partial charge in [0, 0.05) is 54.2 Å². The molecule has 0 unspecified atom stereocenters. The normalized spacial score (nSPS) is 14.6. The van der Waals surface area contributed by atoms with Crippen LogP contribution in [0.25, 0.3) is 11.1 Å². The first-order valence-corrected chi connectivity index (χ1v) is 20.9. The molecule has 1 aliphatic rings. The highest BCUT2D eigenvalue weighted by Gasteiger charge is 2.38. The molecule has 1 amide bonds. The summed E-state index contributed by atoms with van der Waals surface area (Å²) in [6.07, 6.45) is 2.20. The third-order valence-corrected chi connectivity index (χ3v) is 12.6. The van der Waals surface area contributed by atoms with E-state index in [1.165, 1.54) is 12.1 Å². The van der Waals surface area contributed by atoms with Gasteiger partial charge in [-0.15, -0.1) is 11.8 Å². The number of hydrogen-bond acceptors (Lipinski definition) is 10. The summed E-state index contributed by atoms with van der Waals surface area (Å²) in [6, 6.07) is 38.8. The lowest BCUT2D eigenvalue weighted by atomic mass is 9.80. The van der Waals surface area contributed by atoms with E-state index in [4.69, 9.17) is 4.74 Å². The Kier molecular flexibility index (Phi) is 13.1. The molecule has 1 atom stereocenters. The minimum absolute atomic E-state index is 0.143. The van der Waals surface area contributed by atoms with E-state index in [0.717, 1.165) is 52.7 Å². The summed E-state index contributed by atoms with van der Waals surface area (Å²) >= 11 is 1.63. The van der Waals surface area contributed by atoms with Gasteiger partial charge in [0.1, 0.15) is 5.69 Å². The molecule has 0 spiro atoms. The molecule has 1 fully saturated rings. The lowest BCUT2D eigenvalue weighted by Crippen LogP contribution is -2.44. The monoisotopic (exact) mass is 793 g/mol. The van der Waals surface area contributed by atoms with E-state index in [9.17, 15) is 23.3 Å². The molecule has 292 valence electrons. The predicted octanol–water partition coefficient (Wildman–Crippen LogP) is 8.05. The summed E-state index contributed by atoms with van der Waals surface area (Å²) < 4.78 is 35.1.